The minimum Gasteiger partial charge on any atom is -0.494 e. The molecular weight excluding hydrogens is 321 g/mol. The molecule has 1 atom stereocenters. The van der Waals surface area contributed by atoms with Gasteiger partial charge in [-0.15, -0.1) is 0 Å². The highest BCUT2D eigenvalue weighted by Gasteiger charge is 2.40. The number of carbonyl (C=O) groups excluding carboxylic acids is 1. The Morgan fingerprint density at radius 3 is 2.84 bits per heavy atom. The predicted molar refractivity (Wildman–Crippen MR) is 95.2 cm³/mol. The predicted octanol–water partition coefficient (Wildman–Crippen LogP) is 1.88. The number of piperazine rings is 1. The van der Waals surface area contributed by atoms with Crippen molar-refractivity contribution in [1.29, 1.82) is 0 Å². The number of nitrogens with zero attached hydrogens (tertiary/aromatic N) is 2. The Morgan fingerprint density at radius 2 is 2.04 bits per heavy atom. The monoisotopic (exact) mass is 349 g/mol. The van der Waals surface area contributed by atoms with E-state index in [2.05, 4.69) is 22.2 Å². The van der Waals surface area contributed by atoms with Gasteiger partial charge in [0.2, 0.25) is 5.91 Å². The Hall–Kier alpha value is -1.66. The highest BCUT2D eigenvalue weighted by Crippen LogP contribution is 2.30. The van der Waals surface area contributed by atoms with Crippen molar-refractivity contribution >= 4 is 5.91 Å². The molecule has 0 radical (unpaired) electrons. The van der Waals surface area contributed by atoms with Crippen molar-refractivity contribution in [1.82, 2.24) is 15.1 Å². The van der Waals surface area contributed by atoms with Crippen LogP contribution in [-0.2, 0) is 4.79 Å². The van der Waals surface area contributed by atoms with Crippen LogP contribution in [0.3, 0.4) is 0 Å². The molecule has 2 aliphatic heterocycles. The van der Waals surface area contributed by atoms with Crippen LogP contribution in [0, 0.1) is 5.82 Å². The Balaban J connectivity index is 1.46. The van der Waals surface area contributed by atoms with Gasteiger partial charge in [0.05, 0.1) is 6.61 Å². The van der Waals surface area contributed by atoms with Crippen molar-refractivity contribution in [3.8, 4) is 5.75 Å². The zero-order valence-electron chi connectivity index (χ0n) is 15.0. The fourth-order valence-electron chi connectivity index (χ4n) is 3.88. The topological polar surface area (TPSA) is 44.8 Å². The second-order valence-electron chi connectivity index (χ2n) is 7.18. The SMILES string of the molecule is CN1CCN(CCCOc2ccc(F)cc2)CC12CCNC(=O)CC2. The maximum atomic E-state index is 12.9. The number of hydrogen-bond donors (Lipinski definition) is 1. The van der Waals surface area contributed by atoms with Crippen LogP contribution in [0.1, 0.15) is 25.7 Å². The third kappa shape index (κ3) is 4.70. The van der Waals surface area contributed by atoms with Crippen LogP contribution in [0.25, 0.3) is 0 Å². The standard InChI is InChI=1S/C19H28FN3O2/c1-22-12-13-23(15-19(22)8-7-18(24)21-10-9-19)11-2-14-25-17-5-3-16(20)4-6-17/h3-6H,2,7-15H2,1H3,(H,21,24). The molecule has 0 saturated carbocycles. The van der Waals surface area contributed by atoms with Crippen molar-refractivity contribution in [2.24, 2.45) is 0 Å². The molecule has 0 bridgehead atoms. The van der Waals surface area contributed by atoms with Crippen LogP contribution in [0.15, 0.2) is 24.3 Å². The van der Waals surface area contributed by atoms with Crippen molar-refractivity contribution in [3.63, 3.8) is 0 Å². The average Bonchev–Trinajstić information content (AvgIpc) is 2.79. The zero-order chi connectivity index (χ0) is 17.7. The quantitative estimate of drug-likeness (QED) is 0.825. The fourth-order valence-corrected chi connectivity index (χ4v) is 3.88. The van der Waals surface area contributed by atoms with Gasteiger partial charge < -0.3 is 15.0 Å². The molecule has 2 saturated heterocycles. The maximum Gasteiger partial charge on any atom is 0.220 e. The number of amides is 1. The molecule has 6 heteroatoms. The number of ether oxygens (including phenoxy) is 1. The molecule has 5 nitrogen and oxygen atoms in total. The minimum atomic E-state index is -0.244. The molecule has 2 heterocycles. The lowest BCUT2D eigenvalue weighted by atomic mass is 9.86. The van der Waals surface area contributed by atoms with Crippen LogP contribution in [-0.4, -0.2) is 67.6 Å². The van der Waals surface area contributed by atoms with E-state index >= 15 is 0 Å². The minimum absolute atomic E-state index is 0.106. The summed E-state index contributed by atoms with van der Waals surface area (Å²) >= 11 is 0. The summed E-state index contributed by atoms with van der Waals surface area (Å²) in [5.41, 5.74) is 0.106. The summed E-state index contributed by atoms with van der Waals surface area (Å²) in [4.78, 5) is 16.6. The van der Waals surface area contributed by atoms with Gasteiger partial charge in [-0.2, -0.15) is 0 Å². The summed E-state index contributed by atoms with van der Waals surface area (Å²) in [5, 5.41) is 3.00. The van der Waals surface area contributed by atoms with Gasteiger partial charge in [0.25, 0.3) is 0 Å². The fraction of sp³-hybridized carbons (Fsp3) is 0.632. The summed E-state index contributed by atoms with van der Waals surface area (Å²) < 4.78 is 18.6. The van der Waals surface area contributed by atoms with E-state index in [0.29, 0.717) is 18.8 Å². The molecule has 25 heavy (non-hydrogen) atoms. The molecule has 0 aliphatic carbocycles. The van der Waals surface area contributed by atoms with E-state index in [1.54, 1.807) is 12.1 Å². The number of benzene rings is 1. The van der Waals surface area contributed by atoms with Gasteiger partial charge in [0.1, 0.15) is 11.6 Å². The number of halogens is 1. The Bertz CT molecular complexity index is 581. The van der Waals surface area contributed by atoms with Crippen molar-refractivity contribution in [3.05, 3.63) is 30.1 Å². The maximum absolute atomic E-state index is 12.9. The molecule has 1 spiro atoms. The van der Waals surface area contributed by atoms with Gasteiger partial charge in [0, 0.05) is 44.7 Å². The van der Waals surface area contributed by atoms with Crippen molar-refractivity contribution in [2.75, 3.05) is 46.4 Å². The van der Waals surface area contributed by atoms with Crippen LogP contribution in [0.4, 0.5) is 4.39 Å². The lowest BCUT2D eigenvalue weighted by Gasteiger charge is -2.49. The highest BCUT2D eigenvalue weighted by atomic mass is 19.1. The molecular formula is C19H28FN3O2. The molecule has 0 aromatic heterocycles. The third-order valence-electron chi connectivity index (χ3n) is 5.51. The van der Waals surface area contributed by atoms with Gasteiger partial charge in [-0.1, -0.05) is 0 Å². The first kappa shape index (κ1) is 18.1. The van der Waals surface area contributed by atoms with Gasteiger partial charge in [-0.3, -0.25) is 9.69 Å². The third-order valence-corrected chi connectivity index (χ3v) is 5.51. The number of hydrogen-bond acceptors (Lipinski definition) is 4. The average molecular weight is 349 g/mol. The zero-order valence-corrected chi connectivity index (χ0v) is 15.0. The second kappa shape index (κ2) is 8.15. The highest BCUT2D eigenvalue weighted by molar-refractivity contribution is 5.76. The van der Waals surface area contributed by atoms with E-state index in [9.17, 15) is 9.18 Å². The van der Waals surface area contributed by atoms with Crippen molar-refractivity contribution < 1.29 is 13.9 Å². The van der Waals surface area contributed by atoms with Gasteiger partial charge in [-0.25, -0.2) is 4.39 Å². The molecule has 1 N–H and O–H groups in total. The van der Waals surface area contributed by atoms with Crippen molar-refractivity contribution in [2.45, 2.75) is 31.2 Å². The number of carbonyl (C=O) groups is 1. The molecule has 1 aromatic rings. The van der Waals surface area contributed by atoms with E-state index in [-0.39, 0.29) is 17.3 Å². The van der Waals surface area contributed by atoms with E-state index in [0.717, 1.165) is 52.0 Å². The molecule has 1 amide bonds. The molecule has 2 aliphatic rings. The van der Waals surface area contributed by atoms with Gasteiger partial charge >= 0.3 is 0 Å². The van der Waals surface area contributed by atoms with Crippen LogP contribution in [0.5, 0.6) is 5.75 Å². The van der Waals surface area contributed by atoms with Crippen LogP contribution >= 0.6 is 0 Å². The number of nitrogens with one attached hydrogen (secondary N) is 1. The molecule has 138 valence electrons. The molecule has 2 fully saturated rings. The summed E-state index contributed by atoms with van der Waals surface area (Å²) in [6.45, 7) is 5.48. The summed E-state index contributed by atoms with van der Waals surface area (Å²) in [5.74, 6) is 0.645. The van der Waals surface area contributed by atoms with Crippen LogP contribution in [0.2, 0.25) is 0 Å². The lowest BCUT2D eigenvalue weighted by molar-refractivity contribution is -0.121. The number of likely N-dealkylation sites (N-methyl/N-ethyl adjacent to an activating group) is 1. The second-order valence-corrected chi connectivity index (χ2v) is 7.18. The first-order valence-corrected chi connectivity index (χ1v) is 9.16. The van der Waals surface area contributed by atoms with E-state index in [4.69, 9.17) is 4.74 Å². The molecule has 3 rings (SSSR count). The molecule has 1 aromatic carbocycles. The van der Waals surface area contributed by atoms with Gasteiger partial charge in [-0.05, 0) is 50.6 Å². The van der Waals surface area contributed by atoms with Gasteiger partial charge in [0.15, 0.2) is 0 Å². The smallest absolute Gasteiger partial charge is 0.220 e. The lowest BCUT2D eigenvalue weighted by Crippen LogP contribution is -2.61. The largest absolute Gasteiger partial charge is 0.494 e. The Labute approximate surface area is 149 Å². The first-order valence-electron chi connectivity index (χ1n) is 9.16. The van der Waals surface area contributed by atoms with E-state index < -0.39 is 0 Å². The number of rotatable bonds is 5. The summed E-state index contributed by atoms with van der Waals surface area (Å²) in [7, 11) is 2.19. The summed E-state index contributed by atoms with van der Waals surface area (Å²) in [6, 6.07) is 6.16. The summed E-state index contributed by atoms with van der Waals surface area (Å²) in [6.07, 6.45) is 3.50. The first-order chi connectivity index (χ1) is 12.1. The molecule has 1 unspecified atom stereocenters. The van der Waals surface area contributed by atoms with E-state index in [1.807, 2.05) is 0 Å². The normalized spacial score (nSPS) is 25.6. The Kier molecular flexibility index (Phi) is 5.91. The van der Waals surface area contributed by atoms with Crippen LogP contribution < -0.4 is 10.1 Å². The van der Waals surface area contributed by atoms with E-state index in [1.165, 1.54) is 12.1 Å². The Morgan fingerprint density at radius 1 is 1.24 bits per heavy atom.